The van der Waals surface area contributed by atoms with Crippen LogP contribution in [0.1, 0.15) is 192 Å². The Morgan fingerprint density at radius 2 is 0.986 bits per heavy atom. The number of aliphatic carboxylic acids is 1. The molecule has 0 bridgehead atoms. The number of carboxylic acids is 1. The van der Waals surface area contributed by atoms with Crippen LogP contribution in [0.2, 0.25) is 0 Å². The molecule has 0 aromatic rings. The van der Waals surface area contributed by atoms with Crippen molar-refractivity contribution < 1.29 is 57.8 Å². The fourth-order valence-corrected chi connectivity index (χ4v) is 8.51. The molecule has 1 saturated heterocycles. The first kappa shape index (κ1) is 65.7. The molecule has 0 aliphatic carbocycles. The molecule has 1 aliphatic heterocycles. The first-order valence-corrected chi connectivity index (χ1v) is 27.0. The zero-order valence-corrected chi connectivity index (χ0v) is 46.1. The summed E-state index contributed by atoms with van der Waals surface area (Å²) >= 11 is 0. The summed E-state index contributed by atoms with van der Waals surface area (Å²) in [6.07, 6.45) is 5.82. The highest BCUT2D eigenvalue weighted by Crippen LogP contribution is 2.20. The number of hydrogen-bond donors (Lipinski definition) is 9. The monoisotopic (exact) mass is 1030 g/mol. The van der Waals surface area contributed by atoms with Crippen LogP contribution < -0.4 is 43.0 Å². The first-order valence-electron chi connectivity index (χ1n) is 27.0. The summed E-state index contributed by atoms with van der Waals surface area (Å²) < 4.78 is 6.08. The van der Waals surface area contributed by atoms with Crippen LogP contribution in [-0.4, -0.2) is 113 Å². The van der Waals surface area contributed by atoms with Crippen LogP contribution in [-0.2, 0) is 52.7 Å². The summed E-state index contributed by atoms with van der Waals surface area (Å²) in [4.78, 5) is 137. The maximum absolute atomic E-state index is 14.3. The molecule has 1 fully saturated rings. The van der Waals surface area contributed by atoms with Crippen LogP contribution in [0, 0.1) is 35.5 Å². The maximum Gasteiger partial charge on any atom is 0.329 e. The number of nitrogens with one attached hydrogen (secondary N) is 7. The van der Waals surface area contributed by atoms with Crippen molar-refractivity contribution in [1.82, 2.24) is 37.2 Å². The largest absolute Gasteiger partial charge is 0.481 e. The quantitative estimate of drug-likeness (QED) is 0.0479. The van der Waals surface area contributed by atoms with Crippen LogP contribution in [0.15, 0.2) is 0 Å². The Bertz CT molecular complexity index is 1810. The third-order valence-corrected chi connectivity index (χ3v) is 13.2. The number of carbonyl (C=O) groups excluding carboxylic acids is 9. The predicted octanol–water partition coefficient (Wildman–Crippen LogP) is 4.44. The molecule has 418 valence electrons. The number of nitrogens with two attached hydrogens (primary N) is 1. The van der Waals surface area contributed by atoms with E-state index in [2.05, 4.69) is 51.1 Å². The molecule has 0 radical (unpaired) electrons. The van der Waals surface area contributed by atoms with Gasteiger partial charge in [0.1, 0.15) is 48.4 Å². The fraction of sp³-hybridized carbons (Fsp3) is 0.811. The van der Waals surface area contributed by atoms with Gasteiger partial charge in [0.2, 0.25) is 47.3 Å². The Kier molecular flexibility index (Phi) is 30.8. The molecule has 8 amide bonds. The van der Waals surface area contributed by atoms with Gasteiger partial charge < -0.3 is 52.8 Å². The number of rotatable bonds is 24. The first-order chi connectivity index (χ1) is 34.2. The summed E-state index contributed by atoms with van der Waals surface area (Å²) in [6, 6.07) is -9.49. The van der Waals surface area contributed by atoms with Crippen molar-refractivity contribution in [1.29, 1.82) is 0 Å². The minimum atomic E-state index is -1.72. The number of carbonyl (C=O) groups is 10. The standard InChI is InChI=1S/C53H94N8O12/c1-13-34(11)21-19-17-15-16-18-20-22-36-28-43(63)55-37(23-24-42(54)62)47(66)56-38(25-30(3)4)48(67)57-39(26-31(5)6)50(69)60-45(33(9)10)52(71)59-41(29-44(64)65)49(68)58-40(27-32(7)8)51(70)61-46(35(12)14-2)53(72)73-36/h30-41,45-46H,13-29H2,1-12H3,(H2,54,62)(H,55,63)(H,56,66)(H,57,67)(H,58,68)(H,59,71)(H,60,69)(H,61,70)(H,64,65)/t34?,35-,36?,37-,38?,39+,40+,41?,45-,46?/m0/s1. The third-order valence-electron chi connectivity index (χ3n) is 13.2. The van der Waals surface area contributed by atoms with Crippen molar-refractivity contribution in [3.05, 3.63) is 0 Å². The van der Waals surface area contributed by atoms with Gasteiger partial charge in [0.15, 0.2) is 0 Å². The molecule has 73 heavy (non-hydrogen) atoms. The number of ether oxygens (including phenoxy) is 1. The second-order valence-corrected chi connectivity index (χ2v) is 21.9. The van der Waals surface area contributed by atoms with Crippen LogP contribution in [0.5, 0.6) is 0 Å². The molecule has 10 N–H and O–H groups in total. The zero-order chi connectivity index (χ0) is 55.5. The number of esters is 1. The number of carboxylic acid groups (broad SMARTS) is 1. The second-order valence-electron chi connectivity index (χ2n) is 21.9. The van der Waals surface area contributed by atoms with E-state index >= 15 is 0 Å². The number of amides is 8. The van der Waals surface area contributed by atoms with Crippen molar-refractivity contribution >= 4 is 59.2 Å². The molecule has 20 heteroatoms. The van der Waals surface area contributed by atoms with E-state index in [9.17, 15) is 53.1 Å². The molecular weight excluding hydrogens is 941 g/mol. The normalized spacial score (nSPS) is 24.8. The topological polar surface area (TPSA) is 310 Å². The van der Waals surface area contributed by atoms with E-state index in [0.29, 0.717) is 18.8 Å². The van der Waals surface area contributed by atoms with E-state index in [1.54, 1.807) is 34.6 Å². The summed E-state index contributed by atoms with van der Waals surface area (Å²) in [5.41, 5.74) is 5.50. The fourth-order valence-electron chi connectivity index (χ4n) is 8.51. The molecule has 0 aromatic carbocycles. The molecule has 5 unspecified atom stereocenters. The molecule has 1 rings (SSSR count). The lowest BCUT2D eigenvalue weighted by molar-refractivity contribution is -0.156. The average molecular weight is 1040 g/mol. The maximum atomic E-state index is 14.3. The van der Waals surface area contributed by atoms with Gasteiger partial charge in [0.05, 0.1) is 12.8 Å². The summed E-state index contributed by atoms with van der Waals surface area (Å²) in [5, 5.41) is 28.5. The molecule has 0 spiro atoms. The van der Waals surface area contributed by atoms with Crippen molar-refractivity contribution in [2.75, 3.05) is 0 Å². The molecule has 1 heterocycles. The minimum absolute atomic E-state index is 0.0458. The molecule has 0 saturated carbocycles. The van der Waals surface area contributed by atoms with E-state index in [4.69, 9.17) is 10.5 Å². The lowest BCUT2D eigenvalue weighted by atomic mass is 9.97. The smallest absolute Gasteiger partial charge is 0.329 e. The van der Waals surface area contributed by atoms with Gasteiger partial charge in [-0.2, -0.15) is 0 Å². The molecule has 10 atom stereocenters. The molecule has 0 aromatic heterocycles. The molecular formula is C53H94N8O12. The van der Waals surface area contributed by atoms with Crippen LogP contribution in [0.3, 0.4) is 0 Å². The number of cyclic esters (lactones) is 1. The summed E-state index contributed by atoms with van der Waals surface area (Å²) in [5.74, 6) is -9.74. The van der Waals surface area contributed by atoms with Gasteiger partial charge in [0.25, 0.3) is 0 Å². The SMILES string of the molecule is CCC(C)CCCCCCCCC1CC(=O)N[C@@H](CCC(N)=O)C(=O)NC(CC(C)C)C(=O)N[C@H](CC(C)C)C(=O)N[C@@H](C(C)C)C(=O)NC(CC(=O)O)C(=O)N[C@H](CC(C)C)C(=O)NC([C@@H](C)CC)C(=O)O1. The Morgan fingerprint density at radius 3 is 1.44 bits per heavy atom. The van der Waals surface area contributed by atoms with Crippen LogP contribution >= 0.6 is 0 Å². The van der Waals surface area contributed by atoms with Crippen molar-refractivity contribution in [3.63, 3.8) is 0 Å². The van der Waals surface area contributed by atoms with Gasteiger partial charge in [-0.05, 0) is 74.0 Å². The van der Waals surface area contributed by atoms with Crippen LogP contribution in [0.25, 0.3) is 0 Å². The minimum Gasteiger partial charge on any atom is -0.481 e. The van der Waals surface area contributed by atoms with Gasteiger partial charge in [-0.3, -0.25) is 43.2 Å². The summed E-state index contributed by atoms with van der Waals surface area (Å²) in [7, 11) is 0. The third kappa shape index (κ3) is 26.5. The lowest BCUT2D eigenvalue weighted by Gasteiger charge is -2.30. The zero-order valence-electron chi connectivity index (χ0n) is 46.1. The highest BCUT2D eigenvalue weighted by Gasteiger charge is 2.38. The van der Waals surface area contributed by atoms with E-state index in [0.717, 1.165) is 44.9 Å². The van der Waals surface area contributed by atoms with Gasteiger partial charge in [-0.15, -0.1) is 0 Å². The predicted molar refractivity (Wildman–Crippen MR) is 278 cm³/mol. The highest BCUT2D eigenvalue weighted by atomic mass is 16.5. The van der Waals surface area contributed by atoms with E-state index in [1.807, 2.05) is 34.6 Å². The summed E-state index contributed by atoms with van der Waals surface area (Å²) in [6.45, 7) is 22.0. The van der Waals surface area contributed by atoms with Crippen molar-refractivity contribution in [2.24, 2.45) is 41.2 Å². The van der Waals surface area contributed by atoms with E-state index in [1.165, 1.54) is 0 Å². The Labute approximate surface area is 434 Å². The number of primary amides is 1. The van der Waals surface area contributed by atoms with Crippen molar-refractivity contribution in [3.8, 4) is 0 Å². The van der Waals surface area contributed by atoms with Gasteiger partial charge in [-0.1, -0.05) is 134 Å². The van der Waals surface area contributed by atoms with Gasteiger partial charge in [0, 0.05) is 6.42 Å². The molecule has 20 nitrogen and oxygen atoms in total. The van der Waals surface area contributed by atoms with Crippen molar-refractivity contribution in [2.45, 2.75) is 241 Å². The lowest BCUT2D eigenvalue weighted by Crippen LogP contribution is -2.61. The number of unbranched alkanes of at least 4 members (excludes halogenated alkanes) is 5. The number of hydrogen-bond acceptors (Lipinski definition) is 11. The van der Waals surface area contributed by atoms with Gasteiger partial charge >= 0.3 is 11.9 Å². The van der Waals surface area contributed by atoms with Gasteiger partial charge in [-0.25, -0.2) is 4.79 Å². The molecule has 1 aliphatic rings. The Hall–Kier alpha value is -5.30. The van der Waals surface area contributed by atoms with Crippen LogP contribution in [0.4, 0.5) is 0 Å². The van der Waals surface area contributed by atoms with E-state index in [-0.39, 0.29) is 56.3 Å². The second kappa shape index (κ2) is 34.2. The average Bonchev–Trinajstić information content (AvgIpc) is 3.29. The Balaban J connectivity index is 3.97. The van der Waals surface area contributed by atoms with E-state index < -0.39 is 132 Å². The highest BCUT2D eigenvalue weighted by molar-refractivity contribution is 5.98. The Morgan fingerprint density at radius 1 is 0.548 bits per heavy atom.